The van der Waals surface area contributed by atoms with E-state index in [0.717, 1.165) is 70.1 Å². The van der Waals surface area contributed by atoms with Gasteiger partial charge in [0.1, 0.15) is 19.3 Å². The highest BCUT2D eigenvalue weighted by Gasteiger charge is 2.12. The highest BCUT2D eigenvalue weighted by Crippen LogP contribution is 2.14. The maximum absolute atomic E-state index is 11.9. The first-order valence-electron chi connectivity index (χ1n) is 19.1. The normalized spacial score (nSPS) is 13.5. The molecule has 0 aromatic rings. The Kier molecular flexibility index (Phi) is 33.5. The Balaban J connectivity index is 3.57. The molecule has 0 heterocycles. The van der Waals surface area contributed by atoms with Gasteiger partial charge in [0.25, 0.3) is 0 Å². The second-order valence-electron chi connectivity index (χ2n) is 13.4. The van der Waals surface area contributed by atoms with Crippen LogP contribution in [0.25, 0.3) is 0 Å². The predicted molar refractivity (Wildman–Crippen MR) is 197 cm³/mol. The first kappa shape index (κ1) is 44.8. The Hall–Kier alpha value is -2.18. The van der Waals surface area contributed by atoms with Crippen molar-refractivity contribution in [2.24, 2.45) is 5.92 Å². The Morgan fingerprint density at radius 2 is 0.957 bits per heavy atom. The molecular formula is C41H72O6. The van der Waals surface area contributed by atoms with Crippen LogP contribution < -0.4 is 0 Å². The van der Waals surface area contributed by atoms with E-state index in [0.29, 0.717) is 19.3 Å². The zero-order valence-electron chi connectivity index (χ0n) is 30.6. The van der Waals surface area contributed by atoms with Crippen LogP contribution in [0.3, 0.4) is 0 Å². The molecule has 0 saturated carbocycles. The van der Waals surface area contributed by atoms with E-state index < -0.39 is 6.10 Å². The summed E-state index contributed by atoms with van der Waals surface area (Å²) in [5, 5.41) is 19.7. The standard InChI is InChI=1S/C41H72O6/c1-4-30-38(42)32-27-23-19-15-11-6-5-7-12-16-20-24-28-33-40(44)46-35-39(43)36-47-41(45)34-29-25-21-17-13-9-8-10-14-18-22-26-31-37(2)3/h5,7,11,15-16,20,23,27,37-39,42-43H,4,6,8-10,12-14,17-19,21-22,24-26,28-36H2,1-3H3/b7-5-,15-11-,20-16-,27-23-/t38?,39-/m1/s1. The number of esters is 2. The van der Waals surface area contributed by atoms with Gasteiger partial charge in [-0.05, 0) is 57.3 Å². The number of hydrogen-bond donors (Lipinski definition) is 2. The summed E-state index contributed by atoms with van der Waals surface area (Å²) in [6, 6.07) is 0. The summed E-state index contributed by atoms with van der Waals surface area (Å²) < 4.78 is 10.3. The molecule has 0 bridgehead atoms. The fourth-order valence-corrected chi connectivity index (χ4v) is 5.16. The van der Waals surface area contributed by atoms with Crippen molar-refractivity contribution in [3.63, 3.8) is 0 Å². The summed E-state index contributed by atoms with van der Waals surface area (Å²) in [7, 11) is 0. The lowest BCUT2D eigenvalue weighted by Gasteiger charge is -2.12. The molecule has 272 valence electrons. The quantitative estimate of drug-likeness (QED) is 0.0413. The lowest BCUT2D eigenvalue weighted by atomic mass is 10.0. The van der Waals surface area contributed by atoms with Gasteiger partial charge in [0.15, 0.2) is 0 Å². The zero-order chi connectivity index (χ0) is 34.6. The van der Waals surface area contributed by atoms with Gasteiger partial charge in [0.2, 0.25) is 0 Å². The molecular weight excluding hydrogens is 588 g/mol. The molecule has 0 radical (unpaired) electrons. The number of carbonyl (C=O) groups excluding carboxylic acids is 2. The van der Waals surface area contributed by atoms with Gasteiger partial charge in [-0.3, -0.25) is 9.59 Å². The van der Waals surface area contributed by atoms with Gasteiger partial charge in [-0.2, -0.15) is 0 Å². The van der Waals surface area contributed by atoms with Crippen molar-refractivity contribution in [3.8, 4) is 0 Å². The maximum atomic E-state index is 11.9. The Morgan fingerprint density at radius 3 is 1.45 bits per heavy atom. The third kappa shape index (κ3) is 36.5. The average Bonchev–Trinajstić information content (AvgIpc) is 3.04. The number of ether oxygens (including phenoxy) is 2. The van der Waals surface area contributed by atoms with Crippen molar-refractivity contribution in [3.05, 3.63) is 48.6 Å². The summed E-state index contributed by atoms with van der Waals surface area (Å²) in [6.45, 7) is 6.39. The van der Waals surface area contributed by atoms with Crippen molar-refractivity contribution in [1.82, 2.24) is 0 Å². The molecule has 0 aliphatic carbocycles. The molecule has 0 rings (SSSR count). The molecule has 2 atom stereocenters. The van der Waals surface area contributed by atoms with Gasteiger partial charge in [0, 0.05) is 12.8 Å². The van der Waals surface area contributed by atoms with E-state index >= 15 is 0 Å². The van der Waals surface area contributed by atoms with Crippen LogP contribution in [-0.4, -0.2) is 47.6 Å². The lowest BCUT2D eigenvalue weighted by Crippen LogP contribution is -2.25. The van der Waals surface area contributed by atoms with Crippen LogP contribution in [0.15, 0.2) is 48.6 Å². The van der Waals surface area contributed by atoms with Gasteiger partial charge in [-0.15, -0.1) is 0 Å². The molecule has 6 heteroatoms. The predicted octanol–water partition coefficient (Wildman–Crippen LogP) is 10.7. The van der Waals surface area contributed by atoms with E-state index in [-0.39, 0.29) is 31.3 Å². The third-order valence-corrected chi connectivity index (χ3v) is 8.05. The van der Waals surface area contributed by atoms with E-state index in [1.54, 1.807) is 0 Å². The van der Waals surface area contributed by atoms with Crippen LogP contribution in [0, 0.1) is 5.92 Å². The minimum Gasteiger partial charge on any atom is -0.463 e. The molecule has 0 aliphatic rings. The molecule has 0 aliphatic heterocycles. The summed E-state index contributed by atoms with van der Waals surface area (Å²) in [5.41, 5.74) is 0. The lowest BCUT2D eigenvalue weighted by molar-refractivity contribution is -0.152. The molecule has 47 heavy (non-hydrogen) atoms. The van der Waals surface area contributed by atoms with E-state index in [2.05, 4.69) is 69.4 Å². The summed E-state index contributed by atoms with van der Waals surface area (Å²) >= 11 is 0. The molecule has 0 spiro atoms. The zero-order valence-corrected chi connectivity index (χ0v) is 30.6. The number of unbranched alkanes of at least 4 members (excludes halogenated alkanes) is 12. The molecule has 0 aromatic carbocycles. The van der Waals surface area contributed by atoms with Gasteiger partial charge in [-0.25, -0.2) is 0 Å². The Morgan fingerprint density at radius 1 is 0.532 bits per heavy atom. The van der Waals surface area contributed by atoms with Gasteiger partial charge in [0.05, 0.1) is 6.10 Å². The molecule has 0 saturated heterocycles. The van der Waals surface area contributed by atoms with Crippen LogP contribution >= 0.6 is 0 Å². The van der Waals surface area contributed by atoms with Gasteiger partial charge < -0.3 is 19.7 Å². The molecule has 6 nitrogen and oxygen atoms in total. The minimum absolute atomic E-state index is 0.142. The minimum atomic E-state index is -0.995. The van der Waals surface area contributed by atoms with Crippen molar-refractivity contribution in [1.29, 1.82) is 0 Å². The van der Waals surface area contributed by atoms with Crippen LogP contribution in [0.1, 0.15) is 168 Å². The van der Waals surface area contributed by atoms with E-state index in [1.807, 2.05) is 0 Å². The third-order valence-electron chi connectivity index (χ3n) is 8.05. The second-order valence-corrected chi connectivity index (χ2v) is 13.4. The first-order valence-corrected chi connectivity index (χ1v) is 19.1. The van der Waals surface area contributed by atoms with Crippen LogP contribution in [0.4, 0.5) is 0 Å². The van der Waals surface area contributed by atoms with Crippen molar-refractivity contribution in [2.75, 3.05) is 13.2 Å². The fourth-order valence-electron chi connectivity index (χ4n) is 5.16. The molecule has 2 N–H and O–H groups in total. The number of rotatable bonds is 33. The smallest absolute Gasteiger partial charge is 0.305 e. The van der Waals surface area contributed by atoms with Crippen LogP contribution in [0.5, 0.6) is 0 Å². The number of aliphatic hydroxyl groups is 2. The summed E-state index contributed by atoms with van der Waals surface area (Å²) in [5.74, 6) is 0.186. The number of hydrogen-bond acceptors (Lipinski definition) is 6. The second kappa shape index (κ2) is 35.1. The highest BCUT2D eigenvalue weighted by atomic mass is 16.6. The molecule has 0 aromatic heterocycles. The number of allylic oxidation sites excluding steroid dienone is 7. The largest absolute Gasteiger partial charge is 0.463 e. The van der Waals surface area contributed by atoms with E-state index in [9.17, 15) is 19.8 Å². The van der Waals surface area contributed by atoms with Crippen molar-refractivity contribution in [2.45, 2.75) is 181 Å². The molecule has 0 amide bonds. The Labute approximate surface area is 289 Å². The number of carbonyl (C=O) groups is 2. The average molecular weight is 661 g/mol. The molecule has 0 fully saturated rings. The topological polar surface area (TPSA) is 93.1 Å². The summed E-state index contributed by atoms with van der Waals surface area (Å²) in [6.07, 6.45) is 39.4. The van der Waals surface area contributed by atoms with Crippen molar-refractivity contribution < 1.29 is 29.3 Å². The van der Waals surface area contributed by atoms with Crippen LogP contribution in [0.2, 0.25) is 0 Å². The fraction of sp³-hybridized carbons (Fsp3) is 0.756. The van der Waals surface area contributed by atoms with Gasteiger partial charge in [-0.1, -0.05) is 153 Å². The maximum Gasteiger partial charge on any atom is 0.305 e. The summed E-state index contributed by atoms with van der Waals surface area (Å²) in [4.78, 5) is 23.9. The Bertz CT molecular complexity index is 828. The SMILES string of the molecule is CCCC(O)C/C=C\C/C=C\C/C=C\C/C=C\CCCC(=O)OC[C@@H](O)COC(=O)CCCCCCCCCCCCCCC(C)C. The van der Waals surface area contributed by atoms with E-state index in [4.69, 9.17) is 9.47 Å². The van der Waals surface area contributed by atoms with Crippen LogP contribution in [-0.2, 0) is 19.1 Å². The van der Waals surface area contributed by atoms with Gasteiger partial charge >= 0.3 is 11.9 Å². The first-order chi connectivity index (χ1) is 22.8. The number of aliphatic hydroxyl groups excluding tert-OH is 2. The highest BCUT2D eigenvalue weighted by molar-refractivity contribution is 5.69. The van der Waals surface area contributed by atoms with Crippen molar-refractivity contribution >= 4 is 11.9 Å². The van der Waals surface area contributed by atoms with E-state index in [1.165, 1.54) is 64.2 Å². The monoisotopic (exact) mass is 661 g/mol. The molecule has 1 unspecified atom stereocenters.